The Morgan fingerprint density at radius 2 is 1.94 bits per heavy atom. The molecule has 2 heteroatoms. The van der Waals surface area contributed by atoms with Gasteiger partial charge in [-0.15, -0.1) is 0 Å². The summed E-state index contributed by atoms with van der Waals surface area (Å²) < 4.78 is 0. The van der Waals surface area contributed by atoms with Crippen LogP contribution in [0.5, 0.6) is 0 Å². The number of nitrogens with one attached hydrogen (secondary N) is 1. The highest BCUT2D eigenvalue weighted by atomic mass is 16.3. The van der Waals surface area contributed by atoms with Crippen molar-refractivity contribution in [2.75, 3.05) is 13.2 Å². The Morgan fingerprint density at radius 1 is 1.19 bits per heavy atom. The Bertz CT molecular complexity index is 276. The summed E-state index contributed by atoms with van der Waals surface area (Å²) >= 11 is 0. The molecule has 0 aromatic carbocycles. The summed E-state index contributed by atoms with van der Waals surface area (Å²) in [5, 5.41) is 13.1. The molecule has 1 aliphatic heterocycles. The van der Waals surface area contributed by atoms with Gasteiger partial charge in [0.2, 0.25) is 0 Å². The number of hydrogen-bond acceptors (Lipinski definition) is 2. The van der Waals surface area contributed by atoms with Crippen LogP contribution in [0.25, 0.3) is 0 Å². The molecule has 0 bridgehead atoms. The van der Waals surface area contributed by atoms with Crippen LogP contribution in [0, 0.1) is 29.1 Å². The van der Waals surface area contributed by atoms with Crippen LogP contribution in [0.2, 0.25) is 0 Å². The molecule has 2 aliphatic carbocycles. The molecular weight excluding hydrogens is 198 g/mol. The molecule has 0 amide bonds. The van der Waals surface area contributed by atoms with Gasteiger partial charge in [0.15, 0.2) is 0 Å². The zero-order valence-corrected chi connectivity index (χ0v) is 10.6. The molecule has 2 nitrogen and oxygen atoms in total. The van der Waals surface area contributed by atoms with Crippen LogP contribution < -0.4 is 5.32 Å². The maximum Gasteiger partial charge on any atom is 0.0587 e. The first-order valence-corrected chi connectivity index (χ1v) is 7.00. The zero-order valence-electron chi connectivity index (χ0n) is 10.6. The SMILES string of the molecule is CC1(C)C2CN[C@H](CO)C2[C@H]2CCCCC21. The third kappa shape index (κ3) is 1.32. The van der Waals surface area contributed by atoms with E-state index in [1.165, 1.54) is 25.7 Å². The Labute approximate surface area is 98.8 Å². The summed E-state index contributed by atoms with van der Waals surface area (Å²) in [4.78, 5) is 0. The van der Waals surface area contributed by atoms with E-state index in [2.05, 4.69) is 19.2 Å². The maximum absolute atomic E-state index is 9.51. The summed E-state index contributed by atoms with van der Waals surface area (Å²) in [6, 6.07) is 0.386. The molecule has 0 aromatic rings. The van der Waals surface area contributed by atoms with Crippen LogP contribution in [0.1, 0.15) is 39.5 Å². The minimum Gasteiger partial charge on any atom is -0.395 e. The van der Waals surface area contributed by atoms with Crippen molar-refractivity contribution in [3.8, 4) is 0 Å². The Hall–Kier alpha value is -0.0800. The third-order valence-electron chi connectivity index (χ3n) is 5.95. The summed E-state index contributed by atoms with van der Waals surface area (Å²) in [7, 11) is 0. The molecule has 5 atom stereocenters. The van der Waals surface area contributed by atoms with Gasteiger partial charge in [-0.1, -0.05) is 26.7 Å². The second-order valence-corrected chi connectivity index (χ2v) is 6.76. The number of rotatable bonds is 1. The molecule has 2 saturated carbocycles. The minimum atomic E-state index is 0.334. The molecule has 3 fully saturated rings. The van der Waals surface area contributed by atoms with Gasteiger partial charge in [-0.3, -0.25) is 0 Å². The van der Waals surface area contributed by atoms with Crippen LogP contribution in [-0.2, 0) is 0 Å². The second kappa shape index (κ2) is 3.71. The van der Waals surface area contributed by atoms with E-state index in [0.717, 1.165) is 30.2 Å². The number of hydrogen-bond donors (Lipinski definition) is 2. The van der Waals surface area contributed by atoms with Gasteiger partial charge in [0.1, 0.15) is 0 Å². The predicted octanol–water partition coefficient (Wildman–Crippen LogP) is 2.03. The quantitative estimate of drug-likeness (QED) is 0.713. The largest absolute Gasteiger partial charge is 0.395 e. The predicted molar refractivity (Wildman–Crippen MR) is 65.1 cm³/mol. The van der Waals surface area contributed by atoms with Gasteiger partial charge in [0.05, 0.1) is 6.61 Å². The molecule has 0 spiro atoms. The number of aliphatic hydroxyl groups excluding tert-OH is 1. The van der Waals surface area contributed by atoms with Gasteiger partial charge < -0.3 is 10.4 Å². The summed E-state index contributed by atoms with van der Waals surface area (Å²) in [6.45, 7) is 6.42. The molecule has 1 saturated heterocycles. The van der Waals surface area contributed by atoms with Crippen LogP contribution >= 0.6 is 0 Å². The lowest BCUT2D eigenvalue weighted by Crippen LogP contribution is -2.37. The Kier molecular flexibility index (Phi) is 2.56. The fourth-order valence-corrected chi connectivity index (χ4v) is 5.19. The lowest BCUT2D eigenvalue weighted by atomic mass is 9.69. The monoisotopic (exact) mass is 223 g/mol. The standard InChI is InChI=1S/C14H25NO/c1-14(2)10-6-4-3-5-9(10)13-11(14)7-15-12(13)8-16/h9-13,15-16H,3-8H2,1-2H3/t9-,10?,11?,12+,13?/m0/s1. The van der Waals surface area contributed by atoms with Gasteiger partial charge >= 0.3 is 0 Å². The fourth-order valence-electron chi connectivity index (χ4n) is 5.19. The average Bonchev–Trinajstić information content (AvgIpc) is 2.80. The van der Waals surface area contributed by atoms with E-state index in [4.69, 9.17) is 0 Å². The van der Waals surface area contributed by atoms with E-state index < -0.39 is 0 Å². The summed E-state index contributed by atoms with van der Waals surface area (Å²) in [6.07, 6.45) is 5.69. The van der Waals surface area contributed by atoms with Crippen molar-refractivity contribution in [3.63, 3.8) is 0 Å². The summed E-state index contributed by atoms with van der Waals surface area (Å²) in [5.41, 5.74) is 0.493. The summed E-state index contributed by atoms with van der Waals surface area (Å²) in [5.74, 6) is 3.37. The molecule has 1 heterocycles. The highest BCUT2D eigenvalue weighted by Gasteiger charge is 2.59. The van der Waals surface area contributed by atoms with Gasteiger partial charge in [-0.05, 0) is 48.5 Å². The molecular formula is C14H25NO. The van der Waals surface area contributed by atoms with E-state index in [0.29, 0.717) is 18.1 Å². The normalized spacial score (nSPS) is 50.1. The molecule has 0 radical (unpaired) electrons. The van der Waals surface area contributed by atoms with Crippen molar-refractivity contribution in [3.05, 3.63) is 0 Å². The van der Waals surface area contributed by atoms with E-state index in [9.17, 15) is 5.11 Å². The first-order chi connectivity index (χ1) is 7.66. The van der Waals surface area contributed by atoms with E-state index in [-0.39, 0.29) is 0 Å². The van der Waals surface area contributed by atoms with E-state index in [1.54, 1.807) is 0 Å². The third-order valence-corrected chi connectivity index (χ3v) is 5.95. The minimum absolute atomic E-state index is 0.334. The topological polar surface area (TPSA) is 32.3 Å². The van der Waals surface area contributed by atoms with Gasteiger partial charge in [-0.25, -0.2) is 0 Å². The van der Waals surface area contributed by atoms with E-state index >= 15 is 0 Å². The van der Waals surface area contributed by atoms with Crippen molar-refractivity contribution in [1.82, 2.24) is 5.32 Å². The second-order valence-electron chi connectivity index (χ2n) is 6.76. The molecule has 3 unspecified atom stereocenters. The maximum atomic E-state index is 9.51. The zero-order chi connectivity index (χ0) is 11.3. The van der Waals surface area contributed by atoms with Gasteiger partial charge in [-0.2, -0.15) is 0 Å². The smallest absolute Gasteiger partial charge is 0.0587 e. The lowest BCUT2D eigenvalue weighted by molar-refractivity contribution is 0.124. The van der Waals surface area contributed by atoms with Crippen LogP contribution in [0.15, 0.2) is 0 Å². The van der Waals surface area contributed by atoms with Crippen LogP contribution in [-0.4, -0.2) is 24.3 Å². The number of fused-ring (bicyclic) bond motifs is 3. The Morgan fingerprint density at radius 3 is 2.69 bits per heavy atom. The highest BCUT2D eigenvalue weighted by Crippen LogP contribution is 2.61. The Balaban J connectivity index is 1.92. The van der Waals surface area contributed by atoms with Crippen molar-refractivity contribution in [2.24, 2.45) is 29.1 Å². The fraction of sp³-hybridized carbons (Fsp3) is 1.00. The van der Waals surface area contributed by atoms with Crippen molar-refractivity contribution in [2.45, 2.75) is 45.6 Å². The van der Waals surface area contributed by atoms with Crippen LogP contribution in [0.3, 0.4) is 0 Å². The molecule has 3 rings (SSSR count). The first kappa shape index (κ1) is 11.0. The highest BCUT2D eigenvalue weighted by molar-refractivity contribution is 5.10. The van der Waals surface area contributed by atoms with Crippen molar-refractivity contribution in [1.29, 1.82) is 0 Å². The lowest BCUT2D eigenvalue weighted by Gasteiger charge is -2.37. The van der Waals surface area contributed by atoms with Crippen molar-refractivity contribution >= 4 is 0 Å². The average molecular weight is 223 g/mol. The molecule has 3 aliphatic rings. The van der Waals surface area contributed by atoms with Gasteiger partial charge in [0, 0.05) is 6.04 Å². The molecule has 2 N–H and O–H groups in total. The van der Waals surface area contributed by atoms with Gasteiger partial charge in [0.25, 0.3) is 0 Å². The molecule has 16 heavy (non-hydrogen) atoms. The van der Waals surface area contributed by atoms with Crippen LogP contribution in [0.4, 0.5) is 0 Å². The molecule has 92 valence electrons. The first-order valence-electron chi connectivity index (χ1n) is 7.00. The molecule has 0 aromatic heterocycles. The number of aliphatic hydroxyl groups is 1. The van der Waals surface area contributed by atoms with Crippen molar-refractivity contribution < 1.29 is 5.11 Å². The van der Waals surface area contributed by atoms with E-state index in [1.807, 2.05) is 0 Å².